The molecule has 144 valence electrons. The van der Waals surface area contributed by atoms with Gasteiger partial charge in [0.15, 0.2) is 6.61 Å². The first-order valence-electron chi connectivity index (χ1n) is 9.00. The number of rotatable bonds is 9. The summed E-state index contributed by atoms with van der Waals surface area (Å²) in [6.45, 7) is 6.09. The number of ether oxygens (including phenoxy) is 2. The number of anilines is 1. The number of nitrogens with one attached hydrogen (secondary N) is 2. The van der Waals surface area contributed by atoms with E-state index in [0.717, 1.165) is 5.75 Å². The quantitative estimate of drug-likeness (QED) is 0.710. The van der Waals surface area contributed by atoms with Crippen LogP contribution in [0.2, 0.25) is 0 Å². The number of carbonyl (C=O) groups excluding carboxylic acids is 2. The van der Waals surface area contributed by atoms with E-state index in [1.807, 2.05) is 39.0 Å². The molecule has 0 aromatic heterocycles. The van der Waals surface area contributed by atoms with Crippen LogP contribution in [-0.4, -0.2) is 31.1 Å². The molecular weight excluding hydrogens is 344 g/mol. The van der Waals surface area contributed by atoms with Gasteiger partial charge in [-0.3, -0.25) is 9.59 Å². The van der Waals surface area contributed by atoms with E-state index in [-0.39, 0.29) is 24.3 Å². The van der Waals surface area contributed by atoms with Crippen molar-refractivity contribution in [1.82, 2.24) is 5.32 Å². The largest absolute Gasteiger partial charge is 0.494 e. The van der Waals surface area contributed by atoms with Crippen LogP contribution >= 0.6 is 0 Å². The van der Waals surface area contributed by atoms with Crippen LogP contribution in [0.4, 0.5) is 5.69 Å². The molecule has 0 unspecified atom stereocenters. The van der Waals surface area contributed by atoms with Crippen LogP contribution in [0.5, 0.6) is 11.5 Å². The van der Waals surface area contributed by atoms with Crippen molar-refractivity contribution in [2.45, 2.75) is 26.8 Å². The zero-order valence-corrected chi connectivity index (χ0v) is 15.9. The Morgan fingerprint density at radius 1 is 0.926 bits per heavy atom. The van der Waals surface area contributed by atoms with Crippen molar-refractivity contribution in [2.24, 2.45) is 5.92 Å². The van der Waals surface area contributed by atoms with Crippen LogP contribution in [0, 0.1) is 5.92 Å². The molecule has 0 heterocycles. The fraction of sp³-hybridized carbons (Fsp3) is 0.333. The molecule has 2 rings (SSSR count). The first-order chi connectivity index (χ1) is 13.0. The zero-order chi connectivity index (χ0) is 19.6. The van der Waals surface area contributed by atoms with Gasteiger partial charge in [0.2, 0.25) is 5.91 Å². The fourth-order valence-corrected chi connectivity index (χ4v) is 2.44. The number of para-hydroxylation sites is 1. The Morgan fingerprint density at radius 3 is 2.15 bits per heavy atom. The monoisotopic (exact) mass is 370 g/mol. The van der Waals surface area contributed by atoms with E-state index < -0.39 is 6.04 Å². The van der Waals surface area contributed by atoms with E-state index in [1.165, 1.54) is 0 Å². The normalized spacial score (nSPS) is 11.6. The van der Waals surface area contributed by atoms with Crippen molar-refractivity contribution in [3.8, 4) is 11.5 Å². The van der Waals surface area contributed by atoms with Crippen LogP contribution in [0.25, 0.3) is 0 Å². The number of benzene rings is 2. The highest BCUT2D eigenvalue weighted by Crippen LogP contribution is 2.16. The van der Waals surface area contributed by atoms with Crippen molar-refractivity contribution in [3.63, 3.8) is 0 Å². The molecule has 0 spiro atoms. The van der Waals surface area contributed by atoms with Gasteiger partial charge >= 0.3 is 0 Å². The Bertz CT molecular complexity index is 730. The van der Waals surface area contributed by atoms with Gasteiger partial charge < -0.3 is 20.1 Å². The van der Waals surface area contributed by atoms with Crippen molar-refractivity contribution in [2.75, 3.05) is 18.5 Å². The third kappa shape index (κ3) is 6.66. The predicted molar refractivity (Wildman–Crippen MR) is 105 cm³/mol. The maximum absolute atomic E-state index is 12.6. The fourth-order valence-electron chi connectivity index (χ4n) is 2.44. The predicted octanol–water partition coefficient (Wildman–Crippen LogP) is 3.24. The molecule has 0 saturated carbocycles. The van der Waals surface area contributed by atoms with Gasteiger partial charge in [-0.05, 0) is 49.2 Å². The highest BCUT2D eigenvalue weighted by atomic mass is 16.5. The molecule has 2 amide bonds. The standard InChI is InChI=1S/C21H26N2O4/c1-4-26-18-12-10-16(11-13-18)22-21(25)20(15(2)3)23-19(24)14-27-17-8-6-5-7-9-17/h5-13,15,20H,4,14H2,1-3H3,(H,22,25)(H,23,24)/t20-/m0/s1. The molecule has 1 atom stereocenters. The Kier molecular flexibility index (Phi) is 7.67. The summed E-state index contributed by atoms with van der Waals surface area (Å²) in [6, 6.07) is 15.5. The lowest BCUT2D eigenvalue weighted by Gasteiger charge is -2.22. The minimum atomic E-state index is -0.663. The minimum Gasteiger partial charge on any atom is -0.494 e. The summed E-state index contributed by atoms with van der Waals surface area (Å²) in [5.74, 6) is 0.643. The average molecular weight is 370 g/mol. The molecule has 0 fully saturated rings. The van der Waals surface area contributed by atoms with Gasteiger partial charge in [-0.25, -0.2) is 0 Å². The lowest BCUT2D eigenvalue weighted by atomic mass is 10.0. The van der Waals surface area contributed by atoms with Gasteiger partial charge in [0.1, 0.15) is 17.5 Å². The SMILES string of the molecule is CCOc1ccc(NC(=O)[C@@H](NC(=O)COc2ccccc2)C(C)C)cc1. The van der Waals surface area contributed by atoms with Gasteiger partial charge in [-0.2, -0.15) is 0 Å². The molecule has 0 bridgehead atoms. The van der Waals surface area contributed by atoms with Crippen molar-refractivity contribution < 1.29 is 19.1 Å². The van der Waals surface area contributed by atoms with E-state index in [2.05, 4.69) is 10.6 Å². The Hall–Kier alpha value is -3.02. The van der Waals surface area contributed by atoms with Crippen molar-refractivity contribution >= 4 is 17.5 Å². The number of hydrogen-bond acceptors (Lipinski definition) is 4. The molecule has 2 aromatic rings. The van der Waals surface area contributed by atoms with Crippen LogP contribution < -0.4 is 20.1 Å². The van der Waals surface area contributed by atoms with Gasteiger partial charge in [0, 0.05) is 5.69 Å². The number of amides is 2. The third-order valence-electron chi connectivity index (χ3n) is 3.81. The first-order valence-corrected chi connectivity index (χ1v) is 9.00. The van der Waals surface area contributed by atoms with Gasteiger partial charge in [0.25, 0.3) is 5.91 Å². The van der Waals surface area contributed by atoms with Crippen molar-refractivity contribution in [3.05, 3.63) is 54.6 Å². The van der Waals surface area contributed by atoms with Crippen LogP contribution in [0.15, 0.2) is 54.6 Å². The molecule has 0 aliphatic heterocycles. The molecule has 27 heavy (non-hydrogen) atoms. The Morgan fingerprint density at radius 2 is 1.56 bits per heavy atom. The van der Waals surface area contributed by atoms with Gasteiger partial charge in [0.05, 0.1) is 6.61 Å². The summed E-state index contributed by atoms with van der Waals surface area (Å²) in [5, 5.41) is 5.56. The third-order valence-corrected chi connectivity index (χ3v) is 3.81. The molecule has 6 heteroatoms. The summed E-state index contributed by atoms with van der Waals surface area (Å²) in [6.07, 6.45) is 0. The highest BCUT2D eigenvalue weighted by molar-refractivity contribution is 5.97. The second kappa shape index (κ2) is 10.2. The molecule has 0 aliphatic rings. The average Bonchev–Trinajstić information content (AvgIpc) is 2.66. The zero-order valence-electron chi connectivity index (χ0n) is 15.9. The highest BCUT2D eigenvalue weighted by Gasteiger charge is 2.24. The van der Waals surface area contributed by atoms with E-state index in [9.17, 15) is 9.59 Å². The number of hydrogen-bond donors (Lipinski definition) is 2. The second-order valence-corrected chi connectivity index (χ2v) is 6.34. The van der Waals surface area contributed by atoms with E-state index in [0.29, 0.717) is 18.0 Å². The first kappa shape index (κ1) is 20.3. The molecule has 0 radical (unpaired) electrons. The van der Waals surface area contributed by atoms with E-state index >= 15 is 0 Å². The lowest BCUT2D eigenvalue weighted by Crippen LogP contribution is -2.48. The molecule has 2 aromatic carbocycles. The molecule has 6 nitrogen and oxygen atoms in total. The van der Waals surface area contributed by atoms with Gasteiger partial charge in [-0.1, -0.05) is 32.0 Å². The number of carbonyl (C=O) groups is 2. The van der Waals surface area contributed by atoms with Crippen LogP contribution in [-0.2, 0) is 9.59 Å². The van der Waals surface area contributed by atoms with E-state index in [1.54, 1.807) is 36.4 Å². The second-order valence-electron chi connectivity index (χ2n) is 6.34. The molecule has 0 aliphatic carbocycles. The Labute approximate surface area is 159 Å². The topological polar surface area (TPSA) is 76.7 Å². The molecule has 0 saturated heterocycles. The maximum Gasteiger partial charge on any atom is 0.258 e. The van der Waals surface area contributed by atoms with Gasteiger partial charge in [-0.15, -0.1) is 0 Å². The summed E-state index contributed by atoms with van der Waals surface area (Å²) in [4.78, 5) is 24.7. The summed E-state index contributed by atoms with van der Waals surface area (Å²) >= 11 is 0. The smallest absolute Gasteiger partial charge is 0.258 e. The Balaban J connectivity index is 1.90. The summed E-state index contributed by atoms with van der Waals surface area (Å²) < 4.78 is 10.8. The summed E-state index contributed by atoms with van der Waals surface area (Å²) in [7, 11) is 0. The lowest BCUT2D eigenvalue weighted by molar-refractivity contribution is -0.128. The minimum absolute atomic E-state index is 0.0756. The molecular formula is C21H26N2O4. The summed E-state index contributed by atoms with van der Waals surface area (Å²) in [5.41, 5.74) is 0.642. The van der Waals surface area contributed by atoms with Crippen LogP contribution in [0.3, 0.4) is 0 Å². The molecule has 2 N–H and O–H groups in total. The maximum atomic E-state index is 12.6. The van der Waals surface area contributed by atoms with Crippen LogP contribution in [0.1, 0.15) is 20.8 Å². The van der Waals surface area contributed by atoms with Crippen molar-refractivity contribution in [1.29, 1.82) is 0 Å². The van der Waals surface area contributed by atoms with E-state index in [4.69, 9.17) is 9.47 Å².